The van der Waals surface area contributed by atoms with Gasteiger partial charge in [-0.2, -0.15) is 0 Å². The van der Waals surface area contributed by atoms with Gasteiger partial charge in [0.25, 0.3) is 0 Å². The average Bonchev–Trinajstić information content (AvgIpc) is 2.62. The van der Waals surface area contributed by atoms with E-state index in [0.717, 1.165) is 19.3 Å². The van der Waals surface area contributed by atoms with Gasteiger partial charge in [-0.1, -0.05) is 58.3 Å². The fraction of sp³-hybridized carbons (Fsp3) is 0.947. The molecular weight excluding hydrogens is 338 g/mol. The Morgan fingerprint density at radius 2 is 1.58 bits per heavy atom. The Morgan fingerprint density at radius 1 is 1.00 bits per heavy atom. The fourth-order valence-electron chi connectivity index (χ4n) is 3.23. The molecule has 1 aliphatic heterocycles. The summed E-state index contributed by atoms with van der Waals surface area (Å²) in [6, 6.07) is -0.858. The van der Waals surface area contributed by atoms with Crippen molar-refractivity contribution in [2.45, 2.75) is 102 Å². The fourth-order valence-corrected chi connectivity index (χ4v) is 3.23. The van der Waals surface area contributed by atoms with Crippen LogP contribution in [-0.2, 0) is 14.3 Å². The molecule has 1 saturated heterocycles. The highest BCUT2D eigenvalue weighted by molar-refractivity contribution is 5.73. The number of aliphatic hydroxyl groups is 3. The van der Waals surface area contributed by atoms with Crippen LogP contribution in [0.25, 0.3) is 0 Å². The Kier molecular flexibility index (Phi) is 12.0. The Morgan fingerprint density at radius 3 is 2.12 bits per heavy atom. The van der Waals surface area contributed by atoms with Crippen molar-refractivity contribution >= 4 is 5.91 Å². The largest absolute Gasteiger partial charge is 0.394 e. The molecule has 26 heavy (non-hydrogen) atoms. The van der Waals surface area contributed by atoms with Gasteiger partial charge in [0, 0.05) is 13.5 Å². The molecule has 0 aromatic heterocycles. The Hall–Kier alpha value is -0.730. The van der Waals surface area contributed by atoms with Crippen molar-refractivity contribution in [2.75, 3.05) is 13.2 Å². The van der Waals surface area contributed by atoms with Gasteiger partial charge < -0.3 is 30.1 Å². The summed E-state index contributed by atoms with van der Waals surface area (Å²) in [5, 5.41) is 32.0. The molecule has 0 unspecified atom stereocenters. The van der Waals surface area contributed by atoms with Crippen molar-refractivity contribution in [3.8, 4) is 0 Å². The van der Waals surface area contributed by atoms with E-state index in [2.05, 4.69) is 12.2 Å². The molecule has 0 aliphatic carbocycles. The van der Waals surface area contributed by atoms with Crippen LogP contribution in [0, 0.1) is 0 Å². The van der Waals surface area contributed by atoms with E-state index in [4.69, 9.17) is 9.47 Å². The van der Waals surface area contributed by atoms with Crippen molar-refractivity contribution in [3.63, 3.8) is 0 Å². The van der Waals surface area contributed by atoms with Gasteiger partial charge in [-0.25, -0.2) is 0 Å². The van der Waals surface area contributed by atoms with Gasteiger partial charge in [-0.05, 0) is 6.42 Å². The normalized spacial score (nSPS) is 28.9. The minimum atomic E-state index is -1.27. The van der Waals surface area contributed by atoms with Crippen molar-refractivity contribution in [3.05, 3.63) is 0 Å². The summed E-state index contributed by atoms with van der Waals surface area (Å²) in [6.45, 7) is 3.56. The zero-order chi connectivity index (χ0) is 19.4. The third-order valence-corrected chi connectivity index (χ3v) is 4.78. The Balaban J connectivity index is 2.28. The molecule has 1 fully saturated rings. The van der Waals surface area contributed by atoms with Gasteiger partial charge in [0.05, 0.1) is 6.61 Å². The van der Waals surface area contributed by atoms with Gasteiger partial charge in [0.2, 0.25) is 5.91 Å². The zero-order valence-corrected chi connectivity index (χ0v) is 16.2. The van der Waals surface area contributed by atoms with Gasteiger partial charge >= 0.3 is 0 Å². The molecule has 154 valence electrons. The molecule has 1 heterocycles. The maximum Gasteiger partial charge on any atom is 0.217 e. The molecule has 7 heteroatoms. The van der Waals surface area contributed by atoms with E-state index in [9.17, 15) is 20.1 Å². The number of unbranched alkanes of at least 4 members (excludes halogenated alkanes) is 8. The Bertz CT molecular complexity index is 381. The third kappa shape index (κ3) is 8.31. The van der Waals surface area contributed by atoms with Gasteiger partial charge in [0.15, 0.2) is 6.29 Å². The summed E-state index contributed by atoms with van der Waals surface area (Å²) < 4.78 is 11.2. The topological polar surface area (TPSA) is 108 Å². The van der Waals surface area contributed by atoms with E-state index in [0.29, 0.717) is 6.61 Å². The van der Waals surface area contributed by atoms with Gasteiger partial charge in [-0.15, -0.1) is 0 Å². The maximum atomic E-state index is 11.3. The monoisotopic (exact) mass is 375 g/mol. The van der Waals surface area contributed by atoms with E-state index in [1.165, 1.54) is 45.4 Å². The highest BCUT2D eigenvalue weighted by Crippen LogP contribution is 2.22. The number of hydrogen-bond acceptors (Lipinski definition) is 6. The van der Waals surface area contributed by atoms with Crippen molar-refractivity contribution in [1.82, 2.24) is 5.32 Å². The van der Waals surface area contributed by atoms with E-state index in [1.54, 1.807) is 0 Å². The lowest BCUT2D eigenvalue weighted by molar-refractivity contribution is -0.270. The van der Waals surface area contributed by atoms with Crippen LogP contribution >= 0.6 is 0 Å². The van der Waals surface area contributed by atoms with Crippen molar-refractivity contribution < 1.29 is 29.6 Å². The number of carbonyl (C=O) groups excluding carboxylic acids is 1. The second-order valence-corrected chi connectivity index (χ2v) is 7.13. The summed E-state index contributed by atoms with van der Waals surface area (Å²) in [5.41, 5.74) is 0. The van der Waals surface area contributed by atoms with Crippen LogP contribution in [0.4, 0.5) is 0 Å². The smallest absolute Gasteiger partial charge is 0.217 e. The van der Waals surface area contributed by atoms with Gasteiger partial charge in [0.1, 0.15) is 24.4 Å². The second-order valence-electron chi connectivity index (χ2n) is 7.13. The first kappa shape index (κ1) is 23.3. The molecule has 1 amide bonds. The van der Waals surface area contributed by atoms with E-state index in [-0.39, 0.29) is 5.91 Å². The second kappa shape index (κ2) is 13.4. The first-order valence-electron chi connectivity index (χ1n) is 10.0. The molecule has 0 bridgehead atoms. The molecule has 1 rings (SSSR count). The molecule has 0 aromatic carbocycles. The summed E-state index contributed by atoms with van der Waals surface area (Å²) >= 11 is 0. The minimum absolute atomic E-state index is 0.344. The lowest BCUT2D eigenvalue weighted by atomic mass is 9.97. The van der Waals surface area contributed by atoms with Crippen molar-refractivity contribution in [1.29, 1.82) is 0 Å². The first-order chi connectivity index (χ1) is 12.5. The lowest BCUT2D eigenvalue weighted by Crippen LogP contribution is -2.64. The van der Waals surface area contributed by atoms with E-state index >= 15 is 0 Å². The average molecular weight is 376 g/mol. The number of aliphatic hydroxyl groups excluding tert-OH is 3. The third-order valence-electron chi connectivity index (χ3n) is 4.78. The number of carbonyl (C=O) groups is 1. The van der Waals surface area contributed by atoms with Gasteiger partial charge in [-0.3, -0.25) is 4.79 Å². The number of nitrogens with one attached hydrogen (secondary N) is 1. The molecular formula is C19H37NO6. The van der Waals surface area contributed by atoms with Crippen LogP contribution in [-0.4, -0.2) is 65.1 Å². The summed E-state index contributed by atoms with van der Waals surface area (Å²) in [4.78, 5) is 11.3. The van der Waals surface area contributed by atoms with Crippen molar-refractivity contribution in [2.24, 2.45) is 0 Å². The summed E-state index contributed by atoms with van der Waals surface area (Å²) in [7, 11) is 0. The molecule has 7 nitrogen and oxygen atoms in total. The number of rotatable bonds is 13. The molecule has 1 aliphatic rings. The highest BCUT2D eigenvalue weighted by Gasteiger charge is 2.45. The minimum Gasteiger partial charge on any atom is -0.394 e. The predicted octanol–water partition coefficient (Wildman–Crippen LogP) is 1.48. The summed E-state index contributed by atoms with van der Waals surface area (Å²) in [5.74, 6) is -0.344. The molecule has 5 atom stereocenters. The summed E-state index contributed by atoms with van der Waals surface area (Å²) in [6.07, 6.45) is 6.47. The zero-order valence-electron chi connectivity index (χ0n) is 16.2. The SMILES string of the molecule is CCCCCCCCCCCO[C@@H]1O[C@@H](CO)[C@@H](O)[C@@H](O)[C@H]1NC(C)=O. The molecule has 0 saturated carbocycles. The van der Waals surface area contributed by atoms with Crippen LogP contribution in [0.1, 0.15) is 71.6 Å². The van der Waals surface area contributed by atoms with E-state index < -0.39 is 37.3 Å². The van der Waals surface area contributed by atoms with Crippen LogP contribution in [0.2, 0.25) is 0 Å². The van der Waals surface area contributed by atoms with Crippen LogP contribution in [0.3, 0.4) is 0 Å². The predicted molar refractivity (Wildman–Crippen MR) is 98.5 cm³/mol. The number of amides is 1. The molecule has 0 spiro atoms. The Labute approximate surface area is 157 Å². The molecule has 4 N–H and O–H groups in total. The number of hydrogen-bond donors (Lipinski definition) is 4. The number of ether oxygens (including phenoxy) is 2. The van der Waals surface area contributed by atoms with Crippen LogP contribution in [0.15, 0.2) is 0 Å². The van der Waals surface area contributed by atoms with E-state index in [1.807, 2.05) is 0 Å². The first-order valence-corrected chi connectivity index (χ1v) is 10.0. The van der Waals surface area contributed by atoms with Crippen LogP contribution in [0.5, 0.6) is 0 Å². The lowest BCUT2D eigenvalue weighted by Gasteiger charge is -2.42. The standard InChI is InChI=1S/C19H37NO6/c1-3-4-5-6-7-8-9-10-11-12-25-19-16(20-14(2)22)18(24)17(23)15(13-21)26-19/h15-19,21,23-24H,3-13H2,1-2H3,(H,20,22)/t15-,16+,17+,18-,19+/m0/s1. The molecule has 0 aromatic rings. The van der Waals surface area contributed by atoms with Crippen LogP contribution < -0.4 is 5.32 Å². The molecule has 0 radical (unpaired) electrons. The highest BCUT2D eigenvalue weighted by atomic mass is 16.7. The quantitative estimate of drug-likeness (QED) is 0.363. The maximum absolute atomic E-state index is 11.3.